The van der Waals surface area contributed by atoms with Crippen molar-refractivity contribution in [1.82, 2.24) is 4.90 Å². The lowest BCUT2D eigenvalue weighted by molar-refractivity contribution is -0.155. The minimum atomic E-state index is -0.971. The van der Waals surface area contributed by atoms with E-state index in [2.05, 4.69) is 0 Å². The van der Waals surface area contributed by atoms with Gasteiger partial charge in [-0.05, 0) is 48.2 Å². The van der Waals surface area contributed by atoms with Crippen LogP contribution in [0, 0.1) is 0 Å². The summed E-state index contributed by atoms with van der Waals surface area (Å²) in [6.07, 6.45) is 2.04. The first-order chi connectivity index (χ1) is 13.4. The SMILES string of the molecule is CCC[C@@H](C(=O)O)N1C(=O)CC[C@H](c2cccc(Cl)c2)[C@H]1c1ccc(Cl)cc1. The van der Waals surface area contributed by atoms with Crippen LogP contribution in [0.3, 0.4) is 0 Å². The van der Waals surface area contributed by atoms with Crippen molar-refractivity contribution in [2.75, 3.05) is 0 Å². The predicted octanol–water partition coefficient (Wildman–Crippen LogP) is 5.69. The van der Waals surface area contributed by atoms with E-state index in [1.54, 1.807) is 17.0 Å². The fraction of sp³-hybridized carbons (Fsp3) is 0.364. The first-order valence-electron chi connectivity index (χ1n) is 9.47. The number of piperidine rings is 1. The zero-order chi connectivity index (χ0) is 20.3. The summed E-state index contributed by atoms with van der Waals surface area (Å²) in [5, 5.41) is 11.1. The molecule has 0 spiro atoms. The number of nitrogens with zero attached hydrogens (tertiary/aromatic N) is 1. The van der Waals surface area contributed by atoms with Gasteiger partial charge in [0.2, 0.25) is 5.91 Å². The van der Waals surface area contributed by atoms with Crippen molar-refractivity contribution in [2.45, 2.75) is 50.6 Å². The number of carboxylic acid groups (broad SMARTS) is 1. The Balaban J connectivity index is 2.12. The van der Waals surface area contributed by atoms with Gasteiger partial charge >= 0.3 is 5.97 Å². The molecule has 2 aromatic carbocycles. The van der Waals surface area contributed by atoms with Gasteiger partial charge in [-0.2, -0.15) is 0 Å². The maximum Gasteiger partial charge on any atom is 0.326 e. The number of halogens is 2. The third-order valence-corrected chi connectivity index (χ3v) is 5.80. The van der Waals surface area contributed by atoms with Crippen molar-refractivity contribution in [3.63, 3.8) is 0 Å². The van der Waals surface area contributed by atoms with Crippen LogP contribution in [0.5, 0.6) is 0 Å². The highest BCUT2D eigenvalue weighted by molar-refractivity contribution is 6.30. The van der Waals surface area contributed by atoms with Crippen molar-refractivity contribution in [3.05, 3.63) is 69.7 Å². The molecule has 1 saturated heterocycles. The fourth-order valence-corrected chi connectivity index (χ4v) is 4.40. The van der Waals surface area contributed by atoms with Crippen LogP contribution in [0.25, 0.3) is 0 Å². The molecule has 3 atom stereocenters. The molecule has 28 heavy (non-hydrogen) atoms. The monoisotopic (exact) mass is 419 g/mol. The van der Waals surface area contributed by atoms with Crippen LogP contribution in [-0.4, -0.2) is 27.9 Å². The molecule has 1 aliphatic heterocycles. The second-order valence-electron chi connectivity index (χ2n) is 7.14. The summed E-state index contributed by atoms with van der Waals surface area (Å²) >= 11 is 12.3. The summed E-state index contributed by atoms with van der Waals surface area (Å²) in [5.74, 6) is -1.14. The lowest BCUT2D eigenvalue weighted by atomic mass is 9.79. The molecule has 3 rings (SSSR count). The molecule has 1 amide bonds. The Labute approximate surface area is 175 Å². The van der Waals surface area contributed by atoms with Gasteiger partial charge in [-0.25, -0.2) is 4.79 Å². The Bertz CT molecular complexity index is 853. The van der Waals surface area contributed by atoms with Gasteiger partial charge < -0.3 is 10.0 Å². The van der Waals surface area contributed by atoms with Crippen LogP contribution in [0.1, 0.15) is 55.7 Å². The van der Waals surface area contributed by atoms with Crippen LogP contribution in [0.4, 0.5) is 0 Å². The second-order valence-corrected chi connectivity index (χ2v) is 8.01. The zero-order valence-corrected chi connectivity index (χ0v) is 17.2. The normalized spacial score (nSPS) is 20.8. The molecule has 1 heterocycles. The Kier molecular flexibility index (Phi) is 6.63. The molecule has 4 nitrogen and oxygen atoms in total. The van der Waals surface area contributed by atoms with E-state index in [1.165, 1.54) is 0 Å². The number of likely N-dealkylation sites (tertiary alicyclic amines) is 1. The van der Waals surface area contributed by atoms with Gasteiger partial charge in [-0.15, -0.1) is 0 Å². The molecule has 0 saturated carbocycles. The maximum absolute atomic E-state index is 12.9. The summed E-state index contributed by atoms with van der Waals surface area (Å²) in [6.45, 7) is 1.93. The minimum absolute atomic E-state index is 0.0451. The van der Waals surface area contributed by atoms with Crippen molar-refractivity contribution in [1.29, 1.82) is 0 Å². The summed E-state index contributed by atoms with van der Waals surface area (Å²) < 4.78 is 0. The van der Waals surface area contributed by atoms with Gasteiger partial charge in [-0.3, -0.25) is 4.79 Å². The molecule has 0 radical (unpaired) electrons. The lowest BCUT2D eigenvalue weighted by Crippen LogP contribution is -2.51. The largest absolute Gasteiger partial charge is 0.480 e. The van der Waals surface area contributed by atoms with E-state index in [0.29, 0.717) is 35.7 Å². The van der Waals surface area contributed by atoms with Gasteiger partial charge in [0.25, 0.3) is 0 Å². The van der Waals surface area contributed by atoms with E-state index in [4.69, 9.17) is 23.2 Å². The maximum atomic E-state index is 12.9. The summed E-state index contributed by atoms with van der Waals surface area (Å²) in [5.41, 5.74) is 1.88. The predicted molar refractivity (Wildman–Crippen MR) is 111 cm³/mol. The third kappa shape index (κ3) is 4.34. The van der Waals surface area contributed by atoms with Gasteiger partial charge in [0.1, 0.15) is 6.04 Å². The lowest BCUT2D eigenvalue weighted by Gasteiger charge is -2.44. The smallest absolute Gasteiger partial charge is 0.326 e. The number of carbonyl (C=O) groups excluding carboxylic acids is 1. The van der Waals surface area contributed by atoms with Crippen LogP contribution in [0.2, 0.25) is 10.0 Å². The average Bonchev–Trinajstić information content (AvgIpc) is 2.67. The molecule has 1 N–H and O–H groups in total. The molecule has 6 heteroatoms. The molecule has 148 valence electrons. The number of amides is 1. The highest BCUT2D eigenvalue weighted by atomic mass is 35.5. The van der Waals surface area contributed by atoms with Crippen LogP contribution in [0.15, 0.2) is 48.5 Å². The topological polar surface area (TPSA) is 57.6 Å². The molecular weight excluding hydrogens is 397 g/mol. The fourth-order valence-electron chi connectivity index (χ4n) is 4.08. The van der Waals surface area contributed by atoms with E-state index in [9.17, 15) is 14.7 Å². The number of hydrogen-bond donors (Lipinski definition) is 1. The minimum Gasteiger partial charge on any atom is -0.480 e. The number of rotatable bonds is 6. The average molecular weight is 420 g/mol. The number of carbonyl (C=O) groups is 2. The second kappa shape index (κ2) is 8.97. The van der Waals surface area contributed by atoms with Crippen molar-refractivity contribution in [3.8, 4) is 0 Å². The molecule has 0 aliphatic carbocycles. The third-order valence-electron chi connectivity index (χ3n) is 5.31. The first kappa shape index (κ1) is 20.7. The van der Waals surface area contributed by atoms with Gasteiger partial charge in [0.05, 0.1) is 6.04 Å². The van der Waals surface area contributed by atoms with Gasteiger partial charge in [0.15, 0.2) is 0 Å². The molecular formula is C22H23Cl2NO3. The van der Waals surface area contributed by atoms with Crippen molar-refractivity contribution < 1.29 is 14.7 Å². The Morgan fingerprint density at radius 1 is 1.14 bits per heavy atom. The van der Waals surface area contributed by atoms with Crippen molar-refractivity contribution >= 4 is 35.1 Å². The van der Waals surface area contributed by atoms with Crippen molar-refractivity contribution in [2.24, 2.45) is 0 Å². The molecule has 1 fully saturated rings. The Morgan fingerprint density at radius 2 is 1.86 bits per heavy atom. The van der Waals surface area contributed by atoms with Crippen LogP contribution in [-0.2, 0) is 9.59 Å². The van der Waals surface area contributed by atoms with E-state index in [1.807, 2.05) is 43.3 Å². The molecule has 0 unspecified atom stereocenters. The standard InChI is InChI=1S/C22H23Cl2NO3/c1-2-4-19(22(27)28)25-20(26)12-11-18(15-5-3-6-17(24)13-15)21(25)14-7-9-16(23)10-8-14/h3,5-10,13,18-19,21H,2,4,11-12H2,1H3,(H,27,28)/t18-,19+,21-/m1/s1. The van der Waals surface area contributed by atoms with Gasteiger partial charge in [0, 0.05) is 22.4 Å². The van der Waals surface area contributed by atoms with E-state index >= 15 is 0 Å². The molecule has 0 bridgehead atoms. The Morgan fingerprint density at radius 3 is 2.46 bits per heavy atom. The number of carboxylic acids is 1. The summed E-state index contributed by atoms with van der Waals surface area (Å²) in [4.78, 5) is 26.5. The van der Waals surface area contributed by atoms with E-state index in [-0.39, 0.29) is 17.9 Å². The number of aliphatic carboxylic acids is 1. The number of benzene rings is 2. The summed E-state index contributed by atoms with van der Waals surface area (Å²) in [7, 11) is 0. The molecule has 1 aliphatic rings. The molecule has 2 aromatic rings. The summed E-state index contributed by atoms with van der Waals surface area (Å²) in [6, 6.07) is 13.6. The van der Waals surface area contributed by atoms with E-state index < -0.39 is 12.0 Å². The highest BCUT2D eigenvalue weighted by Gasteiger charge is 2.43. The Hall–Kier alpha value is -2.04. The van der Waals surface area contributed by atoms with Crippen LogP contribution < -0.4 is 0 Å². The zero-order valence-electron chi connectivity index (χ0n) is 15.6. The quantitative estimate of drug-likeness (QED) is 0.653. The first-order valence-corrected chi connectivity index (χ1v) is 10.2. The van der Waals surface area contributed by atoms with Crippen LogP contribution >= 0.6 is 23.2 Å². The highest BCUT2D eigenvalue weighted by Crippen LogP contribution is 2.45. The van der Waals surface area contributed by atoms with E-state index in [0.717, 1.165) is 11.1 Å². The number of hydrogen-bond acceptors (Lipinski definition) is 2. The molecule has 0 aromatic heterocycles. The van der Waals surface area contributed by atoms with Gasteiger partial charge in [-0.1, -0.05) is 60.8 Å².